The first-order valence-electron chi connectivity index (χ1n) is 8.80. The summed E-state index contributed by atoms with van der Waals surface area (Å²) >= 11 is 5.71. The number of nitrogens with one attached hydrogen (secondary N) is 2. The zero-order valence-electron chi connectivity index (χ0n) is 14.9. The quantitative estimate of drug-likeness (QED) is 0.766. The third kappa shape index (κ3) is 3.03. The molecule has 0 spiro atoms. The maximum Gasteiger partial charge on any atom is 0.258 e. The fraction of sp³-hybridized carbons (Fsp3) is 0.526. The molecule has 0 radical (unpaired) electrons. The molecule has 2 N–H and O–H groups in total. The normalized spacial score (nSPS) is 27.5. The van der Waals surface area contributed by atoms with Gasteiger partial charge in [-0.15, -0.1) is 0 Å². The van der Waals surface area contributed by atoms with Crippen molar-refractivity contribution in [2.24, 2.45) is 10.8 Å². The van der Waals surface area contributed by atoms with Crippen LogP contribution in [0.1, 0.15) is 40.0 Å². The molecule has 2 bridgehead atoms. The molecule has 4 rings (SSSR count). The first-order chi connectivity index (χ1) is 11.7. The highest BCUT2D eigenvalue weighted by Crippen LogP contribution is 2.52. The highest BCUT2D eigenvalue weighted by molar-refractivity contribution is 7.80. The van der Waals surface area contributed by atoms with Gasteiger partial charge in [0.2, 0.25) is 0 Å². The van der Waals surface area contributed by atoms with Gasteiger partial charge >= 0.3 is 0 Å². The number of hydrogen-bond acceptors (Lipinski definition) is 3. The van der Waals surface area contributed by atoms with E-state index in [2.05, 4.69) is 41.0 Å². The van der Waals surface area contributed by atoms with Crippen molar-refractivity contribution in [3.63, 3.8) is 0 Å². The van der Waals surface area contributed by atoms with Gasteiger partial charge in [0.05, 0.1) is 17.2 Å². The number of thiocarbonyl (C=S) groups is 1. The molecule has 6 heteroatoms. The molecule has 1 saturated heterocycles. The third-order valence-electron chi connectivity index (χ3n) is 5.57. The molecule has 1 aromatic carbocycles. The summed E-state index contributed by atoms with van der Waals surface area (Å²) in [4.78, 5) is 21.1. The van der Waals surface area contributed by atoms with Crippen LogP contribution in [-0.2, 0) is 0 Å². The van der Waals surface area contributed by atoms with Gasteiger partial charge in [-0.1, -0.05) is 20.8 Å². The lowest BCUT2D eigenvalue weighted by Crippen LogP contribution is -2.40. The van der Waals surface area contributed by atoms with Gasteiger partial charge in [-0.3, -0.25) is 4.79 Å². The van der Waals surface area contributed by atoms with Gasteiger partial charge in [0.15, 0.2) is 5.11 Å². The molecule has 2 fully saturated rings. The van der Waals surface area contributed by atoms with E-state index in [0.29, 0.717) is 27.8 Å². The molecular formula is C19H24N4OS. The number of aromatic nitrogens is 2. The second kappa shape index (κ2) is 5.53. The molecule has 1 aliphatic heterocycles. The predicted octanol–water partition coefficient (Wildman–Crippen LogP) is 3.52. The molecule has 2 heterocycles. The number of aromatic amines is 1. The highest BCUT2D eigenvalue weighted by atomic mass is 32.1. The minimum Gasteiger partial charge on any atom is -0.345 e. The minimum absolute atomic E-state index is 0.133. The van der Waals surface area contributed by atoms with Crippen LogP contribution < -0.4 is 10.9 Å². The summed E-state index contributed by atoms with van der Waals surface area (Å²) < 4.78 is 0. The zero-order chi connectivity index (χ0) is 17.8. The van der Waals surface area contributed by atoms with Gasteiger partial charge in [-0.05, 0) is 60.5 Å². The molecular weight excluding hydrogens is 332 g/mol. The molecule has 25 heavy (non-hydrogen) atoms. The molecule has 1 aliphatic carbocycles. The first kappa shape index (κ1) is 16.5. The van der Waals surface area contributed by atoms with E-state index >= 15 is 0 Å². The van der Waals surface area contributed by atoms with Gasteiger partial charge in [0.25, 0.3) is 5.56 Å². The summed E-state index contributed by atoms with van der Waals surface area (Å²) in [6.07, 6.45) is 5.05. The highest BCUT2D eigenvalue weighted by Gasteiger charge is 2.50. The average molecular weight is 356 g/mol. The standard InChI is InChI=1S/C19H24N4OS/c1-18(2)7-13-8-19(3,9-18)10-23(13)17(25)22-12-4-5-15-14(6-12)16(24)21-11-20-15/h4-6,11,13H,7-10H2,1-3H3,(H,22,25)(H,20,21,24)/t13-,19+/m0/s1. The van der Waals surface area contributed by atoms with Crippen molar-refractivity contribution in [2.45, 2.75) is 46.1 Å². The number of likely N-dealkylation sites (tertiary alicyclic amines) is 1. The van der Waals surface area contributed by atoms with Crippen molar-refractivity contribution in [1.29, 1.82) is 0 Å². The SMILES string of the molecule is CC1(C)C[C@H]2C[C@@](C)(CN2C(=S)Nc2ccc3nc[nH]c(=O)c3c2)C1. The van der Waals surface area contributed by atoms with Crippen LogP contribution in [0, 0.1) is 10.8 Å². The van der Waals surface area contributed by atoms with Crippen LogP contribution in [0.5, 0.6) is 0 Å². The molecule has 2 atom stereocenters. The molecule has 5 nitrogen and oxygen atoms in total. The van der Waals surface area contributed by atoms with Crippen molar-refractivity contribution >= 4 is 33.9 Å². The van der Waals surface area contributed by atoms with Crippen molar-refractivity contribution in [3.05, 3.63) is 34.9 Å². The van der Waals surface area contributed by atoms with Crippen molar-refractivity contribution in [3.8, 4) is 0 Å². The van der Waals surface area contributed by atoms with E-state index in [1.165, 1.54) is 25.6 Å². The van der Waals surface area contributed by atoms with E-state index < -0.39 is 0 Å². The van der Waals surface area contributed by atoms with E-state index in [1.54, 1.807) is 0 Å². The summed E-state index contributed by atoms with van der Waals surface area (Å²) in [5.74, 6) is 0. The average Bonchev–Trinajstić information content (AvgIpc) is 2.77. The summed E-state index contributed by atoms with van der Waals surface area (Å²) in [5.41, 5.74) is 2.09. The Morgan fingerprint density at radius 3 is 2.96 bits per heavy atom. The van der Waals surface area contributed by atoms with E-state index in [-0.39, 0.29) is 5.56 Å². The predicted molar refractivity (Wildman–Crippen MR) is 105 cm³/mol. The first-order valence-corrected chi connectivity index (χ1v) is 9.21. The summed E-state index contributed by atoms with van der Waals surface area (Å²) in [6, 6.07) is 6.10. The summed E-state index contributed by atoms with van der Waals surface area (Å²) in [6.45, 7) is 8.10. The van der Waals surface area contributed by atoms with E-state index in [1.807, 2.05) is 18.2 Å². The summed E-state index contributed by atoms with van der Waals surface area (Å²) in [5, 5.41) is 4.67. The minimum atomic E-state index is -0.133. The second-order valence-corrected chi connectivity index (χ2v) is 9.12. The molecule has 1 saturated carbocycles. The Morgan fingerprint density at radius 2 is 2.16 bits per heavy atom. The lowest BCUT2D eigenvalue weighted by atomic mass is 9.65. The smallest absolute Gasteiger partial charge is 0.258 e. The molecule has 2 aliphatic rings. The number of benzene rings is 1. The van der Waals surface area contributed by atoms with E-state index in [9.17, 15) is 4.79 Å². The van der Waals surface area contributed by atoms with E-state index in [4.69, 9.17) is 12.2 Å². The fourth-order valence-corrected chi connectivity index (χ4v) is 5.37. The van der Waals surface area contributed by atoms with Crippen LogP contribution in [0.15, 0.2) is 29.3 Å². The molecule has 0 unspecified atom stereocenters. The van der Waals surface area contributed by atoms with Crippen LogP contribution in [0.4, 0.5) is 5.69 Å². The van der Waals surface area contributed by atoms with Crippen LogP contribution in [0.3, 0.4) is 0 Å². The maximum atomic E-state index is 12.0. The number of nitrogens with zero attached hydrogens (tertiary/aromatic N) is 2. The van der Waals surface area contributed by atoms with Crippen molar-refractivity contribution in [1.82, 2.24) is 14.9 Å². The Kier molecular flexibility index (Phi) is 3.65. The van der Waals surface area contributed by atoms with Crippen molar-refractivity contribution in [2.75, 3.05) is 11.9 Å². The van der Waals surface area contributed by atoms with Gasteiger partial charge in [0, 0.05) is 18.3 Å². The lowest BCUT2D eigenvalue weighted by Gasteiger charge is -2.39. The number of hydrogen-bond donors (Lipinski definition) is 2. The number of H-pyrrole nitrogens is 1. The number of rotatable bonds is 1. The van der Waals surface area contributed by atoms with Gasteiger partial charge in [-0.2, -0.15) is 0 Å². The van der Waals surface area contributed by atoms with E-state index in [0.717, 1.165) is 17.3 Å². The Morgan fingerprint density at radius 1 is 1.36 bits per heavy atom. The van der Waals surface area contributed by atoms with Gasteiger partial charge in [-0.25, -0.2) is 4.98 Å². The van der Waals surface area contributed by atoms with Crippen LogP contribution in [0.2, 0.25) is 0 Å². The Balaban J connectivity index is 1.57. The Hall–Kier alpha value is -1.95. The number of fused-ring (bicyclic) bond motifs is 3. The second-order valence-electron chi connectivity index (χ2n) is 8.74. The van der Waals surface area contributed by atoms with Gasteiger partial charge < -0.3 is 15.2 Å². The maximum absolute atomic E-state index is 12.0. The fourth-order valence-electron chi connectivity index (χ4n) is 5.04. The summed E-state index contributed by atoms with van der Waals surface area (Å²) in [7, 11) is 0. The van der Waals surface area contributed by atoms with Crippen LogP contribution >= 0.6 is 12.2 Å². The Bertz CT molecular complexity index is 906. The van der Waals surface area contributed by atoms with Crippen LogP contribution in [-0.4, -0.2) is 32.6 Å². The topological polar surface area (TPSA) is 61.0 Å². The van der Waals surface area contributed by atoms with Gasteiger partial charge in [0.1, 0.15) is 0 Å². The lowest BCUT2D eigenvalue weighted by molar-refractivity contribution is 0.132. The number of anilines is 1. The molecule has 0 amide bonds. The monoisotopic (exact) mass is 356 g/mol. The largest absolute Gasteiger partial charge is 0.345 e. The molecule has 132 valence electrons. The van der Waals surface area contributed by atoms with Crippen molar-refractivity contribution < 1.29 is 0 Å². The zero-order valence-corrected chi connectivity index (χ0v) is 15.7. The van der Waals surface area contributed by atoms with Crippen LogP contribution in [0.25, 0.3) is 10.9 Å². The molecule has 1 aromatic heterocycles. The Labute approximate surface area is 152 Å². The molecule has 2 aromatic rings. The third-order valence-corrected chi connectivity index (χ3v) is 5.90.